The van der Waals surface area contributed by atoms with E-state index in [-0.39, 0.29) is 12.6 Å². The molecule has 176 valence electrons. The third kappa shape index (κ3) is 12.2. The molecule has 0 saturated carbocycles. The van der Waals surface area contributed by atoms with E-state index < -0.39 is 5.97 Å². The van der Waals surface area contributed by atoms with Gasteiger partial charge in [-0.15, -0.1) is 0 Å². The molecular weight excluding hydrogens is 408 g/mol. The first-order valence-corrected chi connectivity index (χ1v) is 11.3. The molecule has 0 amide bonds. The van der Waals surface area contributed by atoms with Gasteiger partial charge in [-0.05, 0) is 43.9 Å². The van der Waals surface area contributed by atoms with Crippen LogP contribution in [0.1, 0.15) is 75.3 Å². The normalized spacial score (nSPS) is 10.5. The van der Waals surface area contributed by atoms with E-state index in [1.165, 1.54) is 20.3 Å². The third-order valence-corrected chi connectivity index (χ3v) is 4.85. The summed E-state index contributed by atoms with van der Waals surface area (Å²) in [5.74, 6) is 6.37. The molecule has 0 radical (unpaired) electrons. The van der Waals surface area contributed by atoms with E-state index in [0.717, 1.165) is 62.5 Å². The van der Waals surface area contributed by atoms with Gasteiger partial charge in [-0.1, -0.05) is 43.6 Å². The van der Waals surface area contributed by atoms with Crippen LogP contribution in [-0.2, 0) is 19.1 Å². The van der Waals surface area contributed by atoms with Crippen LogP contribution in [0.5, 0.6) is 5.75 Å². The summed E-state index contributed by atoms with van der Waals surface area (Å²) in [6.45, 7) is 0.750. The molecule has 0 saturated heterocycles. The minimum absolute atomic E-state index is 0.146. The molecule has 6 nitrogen and oxygen atoms in total. The van der Waals surface area contributed by atoms with Crippen molar-refractivity contribution in [3.8, 4) is 17.6 Å². The van der Waals surface area contributed by atoms with E-state index in [9.17, 15) is 9.59 Å². The number of hydrogen-bond acceptors (Lipinski definition) is 6. The van der Waals surface area contributed by atoms with Gasteiger partial charge in [-0.25, -0.2) is 4.79 Å². The Balaban J connectivity index is 2.58. The number of aliphatic hydroxyl groups is 1. The first kappa shape index (κ1) is 27.3. The number of rotatable bonds is 15. The van der Waals surface area contributed by atoms with Crippen molar-refractivity contribution in [2.75, 3.05) is 27.4 Å². The van der Waals surface area contributed by atoms with Gasteiger partial charge in [0.15, 0.2) is 0 Å². The lowest BCUT2D eigenvalue weighted by atomic mass is 10.1. The Labute approximate surface area is 191 Å². The van der Waals surface area contributed by atoms with Crippen LogP contribution < -0.4 is 4.74 Å². The van der Waals surface area contributed by atoms with Crippen molar-refractivity contribution >= 4 is 18.0 Å². The molecule has 1 aromatic carbocycles. The maximum absolute atomic E-state index is 11.6. The second-order valence-electron chi connectivity index (χ2n) is 7.35. The number of ether oxygens (including phenoxy) is 3. The second-order valence-corrected chi connectivity index (χ2v) is 7.35. The average molecular weight is 445 g/mol. The minimum Gasteiger partial charge on any atom is -0.493 e. The van der Waals surface area contributed by atoms with Crippen LogP contribution in [0.25, 0.3) is 6.08 Å². The summed E-state index contributed by atoms with van der Waals surface area (Å²) >= 11 is 0. The Hall–Kier alpha value is -2.78. The average Bonchev–Trinajstić information content (AvgIpc) is 2.81. The third-order valence-electron chi connectivity index (χ3n) is 4.85. The molecule has 0 aliphatic rings. The quantitative estimate of drug-likeness (QED) is 0.183. The number of unbranched alkanes of at least 4 members (excludes halogenated alkanes) is 7. The van der Waals surface area contributed by atoms with Crippen molar-refractivity contribution < 1.29 is 28.9 Å². The van der Waals surface area contributed by atoms with E-state index in [0.29, 0.717) is 25.2 Å². The van der Waals surface area contributed by atoms with Gasteiger partial charge < -0.3 is 19.3 Å². The van der Waals surface area contributed by atoms with Crippen LogP contribution in [0.2, 0.25) is 0 Å². The fourth-order valence-electron chi connectivity index (χ4n) is 3.02. The van der Waals surface area contributed by atoms with Crippen molar-refractivity contribution in [1.82, 2.24) is 0 Å². The molecule has 1 rings (SSSR count). The Bertz CT molecular complexity index is 772. The largest absolute Gasteiger partial charge is 0.493 e. The number of methoxy groups -OCH3 is 2. The Kier molecular flexibility index (Phi) is 15.2. The molecular formula is C26H36O6. The Morgan fingerprint density at radius 1 is 0.969 bits per heavy atom. The molecule has 1 N–H and O–H groups in total. The van der Waals surface area contributed by atoms with E-state index >= 15 is 0 Å². The first-order valence-electron chi connectivity index (χ1n) is 11.3. The van der Waals surface area contributed by atoms with Crippen molar-refractivity contribution in [1.29, 1.82) is 0 Å². The van der Waals surface area contributed by atoms with Crippen molar-refractivity contribution in [3.05, 3.63) is 35.4 Å². The van der Waals surface area contributed by atoms with Crippen molar-refractivity contribution in [3.63, 3.8) is 0 Å². The highest BCUT2D eigenvalue weighted by atomic mass is 16.5. The Morgan fingerprint density at radius 2 is 1.72 bits per heavy atom. The number of carbonyl (C=O) groups excluding carboxylic acids is 2. The van der Waals surface area contributed by atoms with Crippen LogP contribution in [0, 0.1) is 11.8 Å². The molecule has 32 heavy (non-hydrogen) atoms. The van der Waals surface area contributed by atoms with Gasteiger partial charge in [-0.2, -0.15) is 0 Å². The lowest BCUT2D eigenvalue weighted by Gasteiger charge is -2.11. The van der Waals surface area contributed by atoms with Crippen LogP contribution in [0.3, 0.4) is 0 Å². The van der Waals surface area contributed by atoms with Gasteiger partial charge in [0.25, 0.3) is 0 Å². The predicted molar refractivity (Wildman–Crippen MR) is 125 cm³/mol. The molecule has 0 unspecified atom stereocenters. The summed E-state index contributed by atoms with van der Waals surface area (Å²) < 4.78 is 15.3. The minimum atomic E-state index is -0.436. The lowest BCUT2D eigenvalue weighted by molar-refractivity contribution is -0.140. The number of aliphatic hydroxyl groups excluding tert-OH is 1. The van der Waals surface area contributed by atoms with Gasteiger partial charge in [-0.3, -0.25) is 4.79 Å². The molecule has 0 bridgehead atoms. The fraction of sp³-hybridized carbons (Fsp3) is 0.538. The zero-order valence-corrected chi connectivity index (χ0v) is 19.4. The van der Waals surface area contributed by atoms with Gasteiger partial charge in [0, 0.05) is 36.7 Å². The fourth-order valence-corrected chi connectivity index (χ4v) is 3.02. The predicted octanol–water partition coefficient (Wildman–Crippen LogP) is 4.67. The van der Waals surface area contributed by atoms with Gasteiger partial charge in [0.2, 0.25) is 0 Å². The SMILES string of the molecule is COC(=O)C=Cc1c(C#CCCCCO)cccc1OCCCCCCCCC(=O)OC. The van der Waals surface area contributed by atoms with E-state index in [1.54, 1.807) is 6.08 Å². The summed E-state index contributed by atoms with van der Waals surface area (Å²) in [5, 5.41) is 8.88. The van der Waals surface area contributed by atoms with Crippen LogP contribution in [0.15, 0.2) is 24.3 Å². The summed E-state index contributed by atoms with van der Waals surface area (Å²) in [6.07, 6.45) is 11.9. The zero-order valence-electron chi connectivity index (χ0n) is 19.4. The molecule has 0 fully saturated rings. The maximum atomic E-state index is 11.6. The number of carbonyl (C=O) groups is 2. The summed E-state index contributed by atoms with van der Waals surface area (Å²) in [7, 11) is 2.76. The highest BCUT2D eigenvalue weighted by Gasteiger charge is 2.07. The van der Waals surface area contributed by atoms with Crippen molar-refractivity contribution in [2.45, 2.75) is 64.2 Å². The molecule has 0 aliphatic carbocycles. The van der Waals surface area contributed by atoms with Gasteiger partial charge >= 0.3 is 11.9 Å². The number of esters is 2. The molecule has 0 aromatic heterocycles. The summed E-state index contributed by atoms with van der Waals surface area (Å²) in [5.41, 5.74) is 1.55. The van der Waals surface area contributed by atoms with Crippen molar-refractivity contribution in [2.24, 2.45) is 0 Å². The topological polar surface area (TPSA) is 82.1 Å². The molecule has 0 atom stereocenters. The molecule has 1 aromatic rings. The highest BCUT2D eigenvalue weighted by molar-refractivity contribution is 5.88. The van der Waals surface area contributed by atoms with E-state index in [2.05, 4.69) is 16.6 Å². The van der Waals surface area contributed by atoms with Crippen LogP contribution in [-0.4, -0.2) is 44.5 Å². The second kappa shape index (κ2) is 17.9. The Morgan fingerprint density at radius 3 is 2.44 bits per heavy atom. The molecule has 6 heteroatoms. The first-order chi connectivity index (χ1) is 15.6. The maximum Gasteiger partial charge on any atom is 0.330 e. The van der Waals surface area contributed by atoms with Crippen LogP contribution in [0.4, 0.5) is 0 Å². The van der Waals surface area contributed by atoms with Gasteiger partial charge in [0.05, 0.1) is 20.8 Å². The van der Waals surface area contributed by atoms with E-state index in [1.807, 2.05) is 18.2 Å². The monoisotopic (exact) mass is 444 g/mol. The van der Waals surface area contributed by atoms with Crippen LogP contribution >= 0.6 is 0 Å². The van der Waals surface area contributed by atoms with Gasteiger partial charge in [0.1, 0.15) is 5.75 Å². The summed E-state index contributed by atoms with van der Waals surface area (Å²) in [6, 6.07) is 5.67. The standard InChI is InChI=1S/C26H36O6/c1-30-25(28)17-10-5-3-4-8-12-21-32-24-16-13-15-22(14-9-6-7-11-20-27)23(24)18-19-26(29)31-2/h13,15-16,18-19,27H,3-8,10-12,17,20-21H2,1-2H3. The molecule has 0 aliphatic heterocycles. The number of hydrogen-bond donors (Lipinski definition) is 1. The summed E-state index contributed by atoms with van der Waals surface area (Å²) in [4.78, 5) is 22.7. The lowest BCUT2D eigenvalue weighted by Crippen LogP contribution is -2.01. The van der Waals surface area contributed by atoms with E-state index in [4.69, 9.17) is 14.6 Å². The zero-order chi connectivity index (χ0) is 23.4. The number of benzene rings is 1. The molecule has 0 spiro atoms. The molecule has 0 heterocycles. The highest BCUT2D eigenvalue weighted by Crippen LogP contribution is 2.24. The smallest absolute Gasteiger partial charge is 0.330 e.